The second-order valence-electron chi connectivity index (χ2n) is 4.42. The molecule has 1 heterocycles. The Labute approximate surface area is 99.2 Å². The highest BCUT2D eigenvalue weighted by Gasteiger charge is 2.24. The molecular formula is C10H21N3O2S. The molecule has 1 aliphatic rings. The van der Waals surface area contributed by atoms with Crippen LogP contribution >= 0.6 is 0 Å². The van der Waals surface area contributed by atoms with Gasteiger partial charge in [-0.25, -0.2) is 0 Å². The Morgan fingerprint density at radius 1 is 1.50 bits per heavy atom. The highest BCUT2D eigenvalue weighted by atomic mass is 32.2. The molecule has 0 aromatic rings. The van der Waals surface area contributed by atoms with Gasteiger partial charge in [-0.15, -0.1) is 0 Å². The predicted molar refractivity (Wildman–Crippen MR) is 65.8 cm³/mol. The van der Waals surface area contributed by atoms with Gasteiger partial charge < -0.3 is 16.0 Å². The molecule has 1 saturated heterocycles. The zero-order valence-electron chi connectivity index (χ0n) is 10.1. The van der Waals surface area contributed by atoms with Gasteiger partial charge in [0.25, 0.3) is 0 Å². The van der Waals surface area contributed by atoms with Gasteiger partial charge in [0.1, 0.15) is 0 Å². The molecule has 94 valence electrons. The quantitative estimate of drug-likeness (QED) is 0.585. The fourth-order valence-corrected chi connectivity index (χ4v) is 2.49. The molecule has 0 spiro atoms. The third-order valence-corrected chi connectivity index (χ3v) is 3.50. The van der Waals surface area contributed by atoms with Gasteiger partial charge in [0.05, 0.1) is 6.04 Å². The molecule has 0 aromatic heterocycles. The monoisotopic (exact) mass is 247 g/mol. The topological polar surface area (TPSA) is 70.2 Å². The van der Waals surface area contributed by atoms with E-state index in [1.807, 2.05) is 6.92 Å². The Bertz CT molecular complexity index is 265. The lowest BCUT2D eigenvalue weighted by Crippen LogP contribution is -2.60. The fraction of sp³-hybridized carbons (Fsp3) is 0.900. The second-order valence-corrected chi connectivity index (χ2v) is 5.90. The SMILES string of the molecule is CC1CNC(C(=O)NC(C)CS(C)=O)CN1. The molecule has 1 rings (SSSR count). The zero-order chi connectivity index (χ0) is 12.1. The highest BCUT2D eigenvalue weighted by Crippen LogP contribution is 1.95. The van der Waals surface area contributed by atoms with Gasteiger partial charge in [-0.1, -0.05) is 0 Å². The smallest absolute Gasteiger partial charge is 0.238 e. The fourth-order valence-electron chi connectivity index (χ4n) is 1.70. The summed E-state index contributed by atoms with van der Waals surface area (Å²) in [6.45, 7) is 5.39. The molecule has 6 heteroatoms. The van der Waals surface area contributed by atoms with Gasteiger partial charge in [0, 0.05) is 48.0 Å². The maximum atomic E-state index is 11.8. The van der Waals surface area contributed by atoms with Crippen LogP contribution in [0, 0.1) is 0 Å². The molecule has 1 aliphatic heterocycles. The molecular weight excluding hydrogens is 226 g/mol. The van der Waals surface area contributed by atoms with Crippen LogP contribution in [0.25, 0.3) is 0 Å². The van der Waals surface area contributed by atoms with E-state index in [1.54, 1.807) is 6.26 Å². The molecule has 0 bridgehead atoms. The van der Waals surface area contributed by atoms with Crippen molar-refractivity contribution in [3.05, 3.63) is 0 Å². The standard InChI is InChI=1S/C10H21N3O2S/c1-7-4-12-9(5-11-7)10(14)13-8(2)6-16(3)15/h7-9,11-12H,4-6H2,1-3H3,(H,13,14). The molecule has 0 saturated carbocycles. The van der Waals surface area contributed by atoms with Crippen molar-refractivity contribution in [1.82, 2.24) is 16.0 Å². The van der Waals surface area contributed by atoms with Crippen LogP contribution in [-0.4, -0.2) is 53.3 Å². The number of hydrogen-bond acceptors (Lipinski definition) is 4. The lowest BCUT2D eigenvalue weighted by atomic mass is 10.1. The molecule has 3 N–H and O–H groups in total. The van der Waals surface area contributed by atoms with E-state index in [0.717, 1.165) is 6.54 Å². The van der Waals surface area contributed by atoms with Crippen LogP contribution in [0.1, 0.15) is 13.8 Å². The van der Waals surface area contributed by atoms with Gasteiger partial charge >= 0.3 is 0 Å². The predicted octanol–water partition coefficient (Wildman–Crippen LogP) is -1.18. The third kappa shape index (κ3) is 4.59. The Balaban J connectivity index is 2.32. The van der Waals surface area contributed by atoms with Crippen LogP contribution in [0.2, 0.25) is 0 Å². The number of rotatable bonds is 4. The molecule has 1 fully saturated rings. The van der Waals surface area contributed by atoms with Crippen molar-refractivity contribution in [2.75, 3.05) is 25.1 Å². The van der Waals surface area contributed by atoms with Crippen LogP contribution in [0.15, 0.2) is 0 Å². The van der Waals surface area contributed by atoms with Gasteiger partial charge in [-0.05, 0) is 13.8 Å². The number of carbonyl (C=O) groups is 1. The van der Waals surface area contributed by atoms with Crippen molar-refractivity contribution in [3.8, 4) is 0 Å². The van der Waals surface area contributed by atoms with Gasteiger partial charge in [0.2, 0.25) is 5.91 Å². The van der Waals surface area contributed by atoms with Crippen molar-refractivity contribution in [2.45, 2.75) is 32.0 Å². The summed E-state index contributed by atoms with van der Waals surface area (Å²) in [7, 11) is -0.873. The first-order valence-corrected chi connectivity index (χ1v) is 7.29. The molecule has 1 amide bonds. The lowest BCUT2D eigenvalue weighted by Gasteiger charge is -2.29. The van der Waals surface area contributed by atoms with Gasteiger partial charge in [0.15, 0.2) is 0 Å². The Morgan fingerprint density at radius 2 is 2.19 bits per heavy atom. The minimum atomic E-state index is -0.873. The summed E-state index contributed by atoms with van der Waals surface area (Å²) in [6, 6.07) is 0.188. The average Bonchev–Trinajstić information content (AvgIpc) is 2.16. The van der Waals surface area contributed by atoms with E-state index in [9.17, 15) is 9.00 Å². The summed E-state index contributed by atoms with van der Waals surface area (Å²) < 4.78 is 11.0. The first-order chi connectivity index (χ1) is 7.49. The highest BCUT2D eigenvalue weighted by molar-refractivity contribution is 7.84. The Morgan fingerprint density at radius 3 is 2.69 bits per heavy atom. The number of carbonyl (C=O) groups excluding carboxylic acids is 1. The van der Waals surface area contributed by atoms with Crippen molar-refractivity contribution in [3.63, 3.8) is 0 Å². The molecule has 0 aliphatic carbocycles. The van der Waals surface area contributed by atoms with Crippen molar-refractivity contribution < 1.29 is 9.00 Å². The number of piperazine rings is 1. The van der Waals surface area contributed by atoms with Crippen molar-refractivity contribution in [2.24, 2.45) is 0 Å². The summed E-state index contributed by atoms with van der Waals surface area (Å²) in [4.78, 5) is 11.8. The number of nitrogens with one attached hydrogen (secondary N) is 3. The van der Waals surface area contributed by atoms with E-state index in [0.29, 0.717) is 18.3 Å². The molecule has 4 atom stereocenters. The van der Waals surface area contributed by atoms with E-state index >= 15 is 0 Å². The van der Waals surface area contributed by atoms with E-state index in [4.69, 9.17) is 0 Å². The molecule has 0 radical (unpaired) electrons. The minimum Gasteiger partial charge on any atom is -0.351 e. The first-order valence-electron chi connectivity index (χ1n) is 5.56. The van der Waals surface area contributed by atoms with Crippen molar-refractivity contribution in [1.29, 1.82) is 0 Å². The Kier molecular flexibility index (Phi) is 5.37. The third-order valence-electron chi connectivity index (χ3n) is 2.53. The number of hydrogen-bond donors (Lipinski definition) is 3. The Hall–Kier alpha value is -0.460. The maximum Gasteiger partial charge on any atom is 0.238 e. The maximum absolute atomic E-state index is 11.8. The zero-order valence-corrected chi connectivity index (χ0v) is 10.9. The lowest BCUT2D eigenvalue weighted by molar-refractivity contribution is -0.123. The van der Waals surface area contributed by atoms with Crippen LogP contribution < -0.4 is 16.0 Å². The summed E-state index contributed by atoms with van der Waals surface area (Å²) in [6.07, 6.45) is 1.64. The van der Waals surface area contributed by atoms with Crippen LogP contribution in [-0.2, 0) is 15.6 Å². The normalized spacial score (nSPS) is 29.4. The second kappa shape index (κ2) is 6.32. The van der Waals surface area contributed by atoms with Crippen LogP contribution in [0.5, 0.6) is 0 Å². The molecule has 16 heavy (non-hydrogen) atoms. The van der Waals surface area contributed by atoms with E-state index < -0.39 is 10.8 Å². The van der Waals surface area contributed by atoms with Crippen molar-refractivity contribution >= 4 is 16.7 Å². The number of amides is 1. The molecule has 5 nitrogen and oxygen atoms in total. The van der Waals surface area contributed by atoms with Gasteiger partial charge in [-0.3, -0.25) is 9.00 Å². The summed E-state index contributed by atoms with van der Waals surface area (Å²) in [5.41, 5.74) is 0. The summed E-state index contributed by atoms with van der Waals surface area (Å²) in [5.74, 6) is 0.486. The van der Waals surface area contributed by atoms with E-state index in [1.165, 1.54) is 0 Å². The van der Waals surface area contributed by atoms with E-state index in [2.05, 4.69) is 22.9 Å². The summed E-state index contributed by atoms with van der Waals surface area (Å²) >= 11 is 0. The largest absolute Gasteiger partial charge is 0.351 e. The van der Waals surface area contributed by atoms with Crippen LogP contribution in [0.3, 0.4) is 0 Å². The minimum absolute atomic E-state index is 0.0163. The summed E-state index contributed by atoms with van der Waals surface area (Å²) in [5, 5.41) is 9.28. The van der Waals surface area contributed by atoms with Gasteiger partial charge in [-0.2, -0.15) is 0 Å². The first kappa shape index (κ1) is 13.6. The molecule has 4 unspecified atom stereocenters. The van der Waals surface area contributed by atoms with Crippen LogP contribution in [0.4, 0.5) is 0 Å². The van der Waals surface area contributed by atoms with E-state index in [-0.39, 0.29) is 18.0 Å². The molecule has 0 aromatic carbocycles. The average molecular weight is 247 g/mol.